The van der Waals surface area contributed by atoms with E-state index in [4.69, 9.17) is 4.74 Å². The van der Waals surface area contributed by atoms with Crippen molar-refractivity contribution >= 4 is 23.6 Å². The molecule has 4 aromatic carbocycles. The molecular formula is C43H53N5O6. The first-order chi connectivity index (χ1) is 26.3. The number of anilines is 1. The van der Waals surface area contributed by atoms with E-state index in [9.17, 15) is 24.6 Å². The molecule has 0 atom stereocenters. The van der Waals surface area contributed by atoms with E-state index in [1.165, 1.54) is 0 Å². The van der Waals surface area contributed by atoms with Crippen molar-refractivity contribution in [3.63, 3.8) is 0 Å². The van der Waals surface area contributed by atoms with Gasteiger partial charge in [-0.15, -0.1) is 0 Å². The largest absolute Gasteiger partial charge is 0.508 e. The van der Waals surface area contributed by atoms with Crippen molar-refractivity contribution in [2.24, 2.45) is 0 Å². The first kappa shape index (κ1) is 39.8. The average Bonchev–Trinajstić information content (AvgIpc) is 3.19. The number of phenols is 2. The molecule has 0 spiro atoms. The molecule has 1 aliphatic rings. The third kappa shape index (κ3) is 13.9. The summed E-state index contributed by atoms with van der Waals surface area (Å²) in [6, 6.07) is 31.5. The van der Waals surface area contributed by atoms with Crippen molar-refractivity contribution in [2.75, 3.05) is 44.6 Å². The quantitative estimate of drug-likeness (QED) is 0.0673. The molecule has 1 saturated heterocycles. The molecule has 0 saturated carbocycles. The SMILES string of the molecule is O=C(CCN1CCC(OC(=O)Nc2ccccc2-c2ccccc2)CC1)NCCCCCN(CCC(=O)NCc1ccc(O)cc1)Cc1ccc(O)cc1. The van der Waals surface area contributed by atoms with E-state index in [1.807, 2.05) is 66.7 Å². The Labute approximate surface area is 318 Å². The van der Waals surface area contributed by atoms with Crippen LogP contribution in [0.2, 0.25) is 0 Å². The standard InChI is InChI=1S/C43H53N5O6/c49-36-17-13-33(14-18-36)31-45-42(52)24-30-48(32-34-15-19-37(50)20-16-34)26-8-2-7-25-44-41(51)23-29-47-27-21-38(22-28-47)54-43(53)46-40-12-6-5-11-39(40)35-9-3-1-4-10-35/h1,3-6,9-20,38,49-50H,2,7-8,21-32H2,(H,44,51)(H,45,52)(H,46,53). The predicted molar refractivity (Wildman–Crippen MR) is 211 cm³/mol. The molecule has 0 aromatic heterocycles. The number of piperidine rings is 1. The zero-order valence-electron chi connectivity index (χ0n) is 30.9. The minimum Gasteiger partial charge on any atom is -0.508 e. The minimum absolute atomic E-state index is 0.0387. The third-order valence-corrected chi connectivity index (χ3v) is 9.61. The molecule has 4 aromatic rings. The number of hydrogen-bond donors (Lipinski definition) is 5. The molecule has 11 heteroatoms. The molecule has 0 aliphatic carbocycles. The van der Waals surface area contributed by atoms with Crippen LogP contribution in [-0.2, 0) is 27.4 Å². The molecule has 1 fully saturated rings. The third-order valence-electron chi connectivity index (χ3n) is 9.61. The van der Waals surface area contributed by atoms with Gasteiger partial charge in [-0.25, -0.2) is 4.79 Å². The van der Waals surface area contributed by atoms with E-state index in [0.29, 0.717) is 51.3 Å². The number of para-hydroxylation sites is 1. The van der Waals surface area contributed by atoms with Crippen molar-refractivity contribution in [3.8, 4) is 22.6 Å². The number of nitrogens with one attached hydrogen (secondary N) is 3. The Kier molecular flexibility index (Phi) is 15.7. The van der Waals surface area contributed by atoms with Gasteiger partial charge in [-0.1, -0.05) is 79.2 Å². The summed E-state index contributed by atoms with van der Waals surface area (Å²) in [5.41, 5.74) is 4.66. The summed E-state index contributed by atoms with van der Waals surface area (Å²) in [4.78, 5) is 42.4. The van der Waals surface area contributed by atoms with Crippen molar-refractivity contribution in [2.45, 2.75) is 64.1 Å². The van der Waals surface area contributed by atoms with Crippen molar-refractivity contribution in [1.29, 1.82) is 0 Å². The molecule has 1 aliphatic heterocycles. The maximum Gasteiger partial charge on any atom is 0.411 e. The first-order valence-corrected chi connectivity index (χ1v) is 19.0. The number of likely N-dealkylation sites (tertiary alicyclic amines) is 1. The Morgan fingerprint density at radius 3 is 2.07 bits per heavy atom. The number of benzene rings is 4. The number of hydrogen-bond acceptors (Lipinski definition) is 8. The van der Waals surface area contributed by atoms with Crippen LogP contribution in [0.4, 0.5) is 10.5 Å². The zero-order chi connectivity index (χ0) is 38.0. The van der Waals surface area contributed by atoms with Crippen LogP contribution in [0, 0.1) is 0 Å². The summed E-state index contributed by atoms with van der Waals surface area (Å²) in [6.07, 6.45) is 4.36. The van der Waals surface area contributed by atoms with Crippen LogP contribution in [0.3, 0.4) is 0 Å². The average molecular weight is 736 g/mol. The summed E-state index contributed by atoms with van der Waals surface area (Å²) in [5, 5.41) is 28.1. The van der Waals surface area contributed by atoms with Crippen LogP contribution in [0.25, 0.3) is 11.1 Å². The maximum absolute atomic E-state index is 12.7. The number of amides is 3. The molecule has 0 bridgehead atoms. The summed E-state index contributed by atoms with van der Waals surface area (Å²) < 4.78 is 5.75. The van der Waals surface area contributed by atoms with Crippen LogP contribution in [0.5, 0.6) is 11.5 Å². The smallest absolute Gasteiger partial charge is 0.411 e. The molecule has 286 valence electrons. The minimum atomic E-state index is -0.452. The lowest BCUT2D eigenvalue weighted by Crippen LogP contribution is -2.40. The van der Waals surface area contributed by atoms with Gasteiger partial charge in [0.25, 0.3) is 0 Å². The molecule has 11 nitrogen and oxygen atoms in total. The second-order valence-corrected chi connectivity index (χ2v) is 13.8. The normalized spacial score (nSPS) is 13.4. The van der Waals surface area contributed by atoms with Gasteiger partial charge in [0.2, 0.25) is 11.8 Å². The van der Waals surface area contributed by atoms with Crippen LogP contribution >= 0.6 is 0 Å². The van der Waals surface area contributed by atoms with E-state index >= 15 is 0 Å². The fourth-order valence-corrected chi connectivity index (χ4v) is 6.51. The van der Waals surface area contributed by atoms with E-state index < -0.39 is 6.09 Å². The summed E-state index contributed by atoms with van der Waals surface area (Å²) >= 11 is 0. The molecule has 1 heterocycles. The van der Waals surface area contributed by atoms with Crippen molar-refractivity contribution < 1.29 is 29.3 Å². The fraction of sp³-hybridized carbons (Fsp3) is 0.372. The lowest BCUT2D eigenvalue weighted by Gasteiger charge is -2.31. The number of carbonyl (C=O) groups is 3. The van der Waals surface area contributed by atoms with Gasteiger partial charge in [-0.2, -0.15) is 0 Å². The van der Waals surface area contributed by atoms with Crippen LogP contribution in [-0.4, -0.2) is 83.3 Å². The van der Waals surface area contributed by atoms with Crippen LogP contribution < -0.4 is 16.0 Å². The highest BCUT2D eigenvalue weighted by atomic mass is 16.6. The number of unbranched alkanes of at least 4 members (excludes halogenated alkanes) is 2. The van der Waals surface area contributed by atoms with Crippen LogP contribution in [0.1, 0.15) is 56.1 Å². The Bertz CT molecular complexity index is 1740. The number of phenolic OH excluding ortho intramolecular Hbond substituents is 2. The number of ether oxygens (including phenoxy) is 1. The summed E-state index contributed by atoms with van der Waals surface area (Å²) in [5.74, 6) is 0.415. The van der Waals surface area contributed by atoms with Gasteiger partial charge in [-0.3, -0.25) is 19.8 Å². The molecule has 0 radical (unpaired) electrons. The fourth-order valence-electron chi connectivity index (χ4n) is 6.51. The van der Waals surface area contributed by atoms with Crippen molar-refractivity contribution in [3.05, 3.63) is 114 Å². The Morgan fingerprint density at radius 2 is 1.35 bits per heavy atom. The zero-order valence-corrected chi connectivity index (χ0v) is 30.9. The monoisotopic (exact) mass is 735 g/mol. The number of nitrogens with zero attached hydrogens (tertiary/aromatic N) is 2. The van der Waals surface area contributed by atoms with E-state index in [2.05, 4.69) is 25.8 Å². The molecule has 5 N–H and O–H groups in total. The Morgan fingerprint density at radius 1 is 0.704 bits per heavy atom. The van der Waals surface area contributed by atoms with E-state index in [1.54, 1.807) is 36.4 Å². The first-order valence-electron chi connectivity index (χ1n) is 19.0. The topological polar surface area (TPSA) is 143 Å². The Hall–Kier alpha value is -5.39. The predicted octanol–water partition coefficient (Wildman–Crippen LogP) is 6.66. The lowest BCUT2D eigenvalue weighted by molar-refractivity contribution is -0.122. The number of aromatic hydroxyl groups is 2. The van der Waals surface area contributed by atoms with Gasteiger partial charge in [0.15, 0.2) is 0 Å². The molecule has 3 amide bonds. The summed E-state index contributed by atoms with van der Waals surface area (Å²) in [7, 11) is 0. The Balaban J connectivity index is 0.933. The second kappa shape index (κ2) is 21.3. The molecule has 5 rings (SSSR count). The van der Waals surface area contributed by atoms with Gasteiger partial charge in [-0.05, 0) is 79.3 Å². The molecular weight excluding hydrogens is 683 g/mol. The highest BCUT2D eigenvalue weighted by molar-refractivity contribution is 5.91. The maximum atomic E-state index is 12.7. The van der Waals surface area contributed by atoms with E-state index in [-0.39, 0.29) is 29.4 Å². The van der Waals surface area contributed by atoms with Crippen LogP contribution in [0.15, 0.2) is 103 Å². The molecule has 0 unspecified atom stereocenters. The molecule has 54 heavy (non-hydrogen) atoms. The highest BCUT2D eigenvalue weighted by Gasteiger charge is 2.23. The number of rotatable bonds is 19. The van der Waals surface area contributed by atoms with Gasteiger partial charge in [0.05, 0.1) is 5.69 Å². The van der Waals surface area contributed by atoms with Crippen molar-refractivity contribution in [1.82, 2.24) is 20.4 Å². The summed E-state index contributed by atoms with van der Waals surface area (Å²) in [6.45, 7) is 5.31. The van der Waals surface area contributed by atoms with Gasteiger partial charge >= 0.3 is 6.09 Å². The highest BCUT2D eigenvalue weighted by Crippen LogP contribution is 2.28. The second-order valence-electron chi connectivity index (χ2n) is 13.8. The van der Waals surface area contributed by atoms with Gasteiger partial charge < -0.3 is 30.5 Å². The lowest BCUT2D eigenvalue weighted by atomic mass is 10.0. The van der Waals surface area contributed by atoms with Gasteiger partial charge in [0, 0.05) is 64.2 Å². The number of carbonyl (C=O) groups excluding carboxylic acids is 3. The van der Waals surface area contributed by atoms with Gasteiger partial charge in [0.1, 0.15) is 17.6 Å². The van der Waals surface area contributed by atoms with E-state index in [0.717, 1.165) is 74.0 Å².